The molecule has 1 atom stereocenters. The Bertz CT molecular complexity index is 1900. The predicted octanol–water partition coefficient (Wildman–Crippen LogP) is 6.70. The number of carbonyl (C=O) groups is 2. The van der Waals surface area contributed by atoms with Crippen molar-refractivity contribution in [1.29, 1.82) is 0 Å². The summed E-state index contributed by atoms with van der Waals surface area (Å²) in [5.74, 6) is -1.78. The number of carbonyl (C=O) groups excluding carboxylic acids is 2. The van der Waals surface area contributed by atoms with E-state index in [1.54, 1.807) is 42.5 Å². The van der Waals surface area contributed by atoms with E-state index in [-0.39, 0.29) is 34.7 Å². The molecule has 1 unspecified atom stereocenters. The number of hydrogen-bond acceptors (Lipinski definition) is 5. The predicted molar refractivity (Wildman–Crippen MR) is 157 cm³/mol. The van der Waals surface area contributed by atoms with Crippen LogP contribution in [-0.2, 0) is 17.4 Å². The van der Waals surface area contributed by atoms with Crippen LogP contribution in [-0.4, -0.2) is 33.3 Å². The number of hydrogen-bond donors (Lipinski definition) is 2. The molecule has 2 aromatic heterocycles. The first kappa shape index (κ1) is 29.6. The number of benzene rings is 3. The third-order valence-corrected chi connectivity index (χ3v) is 7.08. The second-order valence-corrected chi connectivity index (χ2v) is 10.2. The van der Waals surface area contributed by atoms with E-state index >= 15 is 0 Å². The number of pyridine rings is 1. The van der Waals surface area contributed by atoms with Crippen molar-refractivity contribution in [3.8, 4) is 16.9 Å². The number of amides is 1. The summed E-state index contributed by atoms with van der Waals surface area (Å²) in [6.07, 6.45) is -3.16. The summed E-state index contributed by atoms with van der Waals surface area (Å²) in [5, 5.41) is 3.06. The fourth-order valence-electron chi connectivity index (χ4n) is 4.79. The van der Waals surface area contributed by atoms with Crippen molar-refractivity contribution in [2.24, 2.45) is 0 Å². The fraction of sp³-hybridized carbons (Fsp3) is 0.161. The average molecular weight is 609 g/mol. The summed E-state index contributed by atoms with van der Waals surface area (Å²) in [4.78, 5) is 45.5. The second kappa shape index (κ2) is 11.8. The van der Waals surface area contributed by atoms with Gasteiger partial charge in [-0.15, -0.1) is 0 Å². The number of ether oxygens (including phenoxy) is 1. The topological polar surface area (TPSA) is 106 Å². The maximum absolute atomic E-state index is 13.7. The second-order valence-electron chi connectivity index (χ2n) is 9.76. The number of methoxy groups -OCH3 is 1. The Morgan fingerprint density at radius 1 is 1.05 bits per heavy atom. The number of aromatic amines is 1. The molecule has 220 valence electrons. The SMILES string of the molecule is COc1cn(C(Cc2ccccc2)C(=O)Nc2ccc3[nH]c(C(F)(F)F)nc3c2)c(=O)cc1-c1cc(Cl)ccc1C(C)=O. The van der Waals surface area contributed by atoms with E-state index in [1.165, 1.54) is 49.1 Å². The van der Waals surface area contributed by atoms with Gasteiger partial charge in [0, 0.05) is 34.3 Å². The first-order valence-electron chi connectivity index (χ1n) is 13.0. The summed E-state index contributed by atoms with van der Waals surface area (Å²) < 4.78 is 46.2. The summed E-state index contributed by atoms with van der Waals surface area (Å²) in [7, 11) is 1.40. The number of Topliss-reactive ketones (excluding diaryl/α,β-unsaturated/α-hetero) is 1. The molecule has 5 aromatic rings. The summed E-state index contributed by atoms with van der Waals surface area (Å²) >= 11 is 6.21. The molecule has 0 saturated heterocycles. The molecule has 0 aliphatic carbocycles. The molecule has 12 heteroatoms. The van der Waals surface area contributed by atoms with Gasteiger partial charge in [0.05, 0.1) is 24.3 Å². The molecule has 0 aliphatic rings. The Hall–Kier alpha value is -4.90. The van der Waals surface area contributed by atoms with Crippen molar-refractivity contribution in [2.75, 3.05) is 12.4 Å². The minimum Gasteiger partial charge on any atom is -0.495 e. The van der Waals surface area contributed by atoms with E-state index < -0.39 is 29.5 Å². The third kappa shape index (κ3) is 6.31. The van der Waals surface area contributed by atoms with Crippen LogP contribution in [0, 0.1) is 0 Å². The van der Waals surface area contributed by atoms with E-state index in [0.717, 1.165) is 5.56 Å². The molecular formula is C31H24ClF3N4O4. The Morgan fingerprint density at radius 2 is 1.79 bits per heavy atom. The molecular weight excluding hydrogens is 585 g/mol. The van der Waals surface area contributed by atoms with Gasteiger partial charge in [0.15, 0.2) is 5.78 Å². The number of aromatic nitrogens is 3. The van der Waals surface area contributed by atoms with E-state index in [9.17, 15) is 27.6 Å². The van der Waals surface area contributed by atoms with Gasteiger partial charge in [0.25, 0.3) is 5.56 Å². The standard InChI is InChI=1S/C31H24ClF3N4O4/c1-17(40)21-10-8-19(32)13-22(21)23-15-28(41)39(16-27(23)43-2)26(12-18-6-4-3-5-7-18)29(42)36-20-9-11-24-25(14-20)38-30(37-24)31(33,34)35/h3-11,13-16,26H,12H2,1-2H3,(H,36,42)(H,37,38). The average Bonchev–Trinajstić information content (AvgIpc) is 3.41. The van der Waals surface area contributed by atoms with Gasteiger partial charge in [-0.05, 0) is 54.4 Å². The van der Waals surface area contributed by atoms with Crippen molar-refractivity contribution in [3.05, 3.63) is 111 Å². The van der Waals surface area contributed by atoms with Crippen LogP contribution in [0.1, 0.15) is 34.7 Å². The van der Waals surface area contributed by atoms with Crippen LogP contribution in [0.4, 0.5) is 18.9 Å². The van der Waals surface area contributed by atoms with Crippen molar-refractivity contribution >= 4 is 40.0 Å². The number of imidazole rings is 1. The maximum atomic E-state index is 13.7. The molecule has 0 spiro atoms. The molecule has 8 nitrogen and oxygen atoms in total. The van der Waals surface area contributed by atoms with Crippen LogP contribution in [0.15, 0.2) is 83.8 Å². The molecule has 1 amide bonds. The lowest BCUT2D eigenvalue weighted by molar-refractivity contribution is -0.144. The van der Waals surface area contributed by atoms with Gasteiger partial charge in [0.1, 0.15) is 11.8 Å². The molecule has 2 N–H and O–H groups in total. The van der Waals surface area contributed by atoms with Crippen molar-refractivity contribution < 1.29 is 27.5 Å². The fourth-order valence-corrected chi connectivity index (χ4v) is 4.96. The molecule has 5 rings (SSSR count). The number of fused-ring (bicyclic) bond motifs is 1. The molecule has 3 aromatic carbocycles. The highest BCUT2D eigenvalue weighted by Gasteiger charge is 2.34. The number of halogens is 4. The lowest BCUT2D eigenvalue weighted by Gasteiger charge is -2.22. The summed E-state index contributed by atoms with van der Waals surface area (Å²) in [6, 6.07) is 18.0. The van der Waals surface area contributed by atoms with E-state index in [0.29, 0.717) is 21.7 Å². The summed E-state index contributed by atoms with van der Waals surface area (Å²) in [6.45, 7) is 1.39. The zero-order chi connectivity index (χ0) is 30.9. The van der Waals surface area contributed by atoms with Crippen LogP contribution in [0.3, 0.4) is 0 Å². The molecule has 0 saturated carbocycles. The third-order valence-electron chi connectivity index (χ3n) is 6.84. The monoisotopic (exact) mass is 608 g/mol. The maximum Gasteiger partial charge on any atom is 0.449 e. The van der Waals surface area contributed by atoms with Crippen LogP contribution in [0.25, 0.3) is 22.2 Å². The first-order chi connectivity index (χ1) is 20.4. The van der Waals surface area contributed by atoms with Gasteiger partial charge >= 0.3 is 6.18 Å². The van der Waals surface area contributed by atoms with Crippen molar-refractivity contribution in [1.82, 2.24) is 14.5 Å². The van der Waals surface area contributed by atoms with Crippen LogP contribution < -0.4 is 15.6 Å². The Morgan fingerprint density at radius 3 is 2.47 bits per heavy atom. The zero-order valence-corrected chi connectivity index (χ0v) is 23.6. The highest BCUT2D eigenvalue weighted by Crippen LogP contribution is 2.34. The van der Waals surface area contributed by atoms with Crippen molar-refractivity contribution in [2.45, 2.75) is 25.6 Å². The number of anilines is 1. The van der Waals surface area contributed by atoms with Gasteiger partial charge in [-0.1, -0.05) is 41.9 Å². The summed E-state index contributed by atoms with van der Waals surface area (Å²) in [5.41, 5.74) is 1.60. The molecule has 0 bridgehead atoms. The smallest absolute Gasteiger partial charge is 0.449 e. The lowest BCUT2D eigenvalue weighted by atomic mass is 9.97. The number of alkyl halides is 3. The highest BCUT2D eigenvalue weighted by atomic mass is 35.5. The van der Waals surface area contributed by atoms with Gasteiger partial charge in [0.2, 0.25) is 11.7 Å². The zero-order valence-electron chi connectivity index (χ0n) is 22.8. The first-order valence-corrected chi connectivity index (χ1v) is 13.3. The van der Waals surface area contributed by atoms with Crippen LogP contribution >= 0.6 is 11.6 Å². The van der Waals surface area contributed by atoms with Crippen LogP contribution in [0.5, 0.6) is 5.75 Å². The Kier molecular flexibility index (Phi) is 8.10. The van der Waals surface area contributed by atoms with E-state index in [4.69, 9.17) is 16.3 Å². The number of nitrogens with one attached hydrogen (secondary N) is 2. The normalized spacial score (nSPS) is 12.2. The minimum absolute atomic E-state index is 0.00993. The minimum atomic E-state index is -4.66. The van der Waals surface area contributed by atoms with Gasteiger partial charge in [-0.25, -0.2) is 4.98 Å². The molecule has 0 fully saturated rings. The van der Waals surface area contributed by atoms with Crippen molar-refractivity contribution in [3.63, 3.8) is 0 Å². The number of H-pyrrole nitrogens is 1. The largest absolute Gasteiger partial charge is 0.495 e. The Labute approximate surface area is 248 Å². The lowest BCUT2D eigenvalue weighted by Crippen LogP contribution is -2.34. The van der Waals surface area contributed by atoms with Crippen LogP contribution in [0.2, 0.25) is 5.02 Å². The van der Waals surface area contributed by atoms with E-state index in [1.807, 2.05) is 6.07 Å². The number of nitrogens with zero attached hydrogens (tertiary/aromatic N) is 2. The van der Waals surface area contributed by atoms with Gasteiger partial charge < -0.3 is 15.0 Å². The Balaban J connectivity index is 1.56. The molecule has 0 aliphatic heterocycles. The quantitative estimate of drug-likeness (QED) is 0.191. The molecule has 43 heavy (non-hydrogen) atoms. The van der Waals surface area contributed by atoms with Gasteiger partial charge in [-0.3, -0.25) is 19.0 Å². The molecule has 0 radical (unpaired) electrons. The number of ketones is 1. The molecule has 2 heterocycles. The highest BCUT2D eigenvalue weighted by molar-refractivity contribution is 6.31. The van der Waals surface area contributed by atoms with Gasteiger partial charge in [-0.2, -0.15) is 13.2 Å². The number of rotatable bonds is 8. The van der Waals surface area contributed by atoms with E-state index in [2.05, 4.69) is 15.3 Å².